The van der Waals surface area contributed by atoms with Crippen LogP contribution in [0, 0.1) is 0 Å². The molecule has 2 unspecified atom stereocenters. The first kappa shape index (κ1) is 14.5. The zero-order valence-electron chi connectivity index (χ0n) is 11.8. The molecular formula is C15H20N2O3. The van der Waals surface area contributed by atoms with Gasteiger partial charge in [0, 0.05) is 13.2 Å². The van der Waals surface area contributed by atoms with Gasteiger partial charge in [-0.25, -0.2) is 0 Å². The van der Waals surface area contributed by atoms with Gasteiger partial charge in [-0.3, -0.25) is 9.59 Å². The second kappa shape index (κ2) is 6.52. The summed E-state index contributed by atoms with van der Waals surface area (Å²) in [4.78, 5) is 25.8. The van der Waals surface area contributed by atoms with E-state index in [1.807, 2.05) is 44.2 Å². The molecule has 0 saturated carbocycles. The third kappa shape index (κ3) is 3.36. The van der Waals surface area contributed by atoms with Gasteiger partial charge < -0.3 is 15.0 Å². The van der Waals surface area contributed by atoms with Crippen LogP contribution in [-0.4, -0.2) is 42.5 Å². The molecule has 1 aliphatic rings. The summed E-state index contributed by atoms with van der Waals surface area (Å²) in [5.74, 6) is -0.218. The number of rotatable bonds is 5. The lowest BCUT2D eigenvalue weighted by atomic mass is 10.0. The fourth-order valence-corrected chi connectivity index (χ4v) is 2.38. The monoisotopic (exact) mass is 276 g/mol. The van der Waals surface area contributed by atoms with Gasteiger partial charge in [0.05, 0.1) is 12.6 Å². The van der Waals surface area contributed by atoms with Crippen LogP contribution in [-0.2, 0) is 14.3 Å². The fraction of sp³-hybridized carbons (Fsp3) is 0.467. The minimum Gasteiger partial charge on any atom is -0.377 e. The predicted molar refractivity (Wildman–Crippen MR) is 75.0 cm³/mol. The van der Waals surface area contributed by atoms with Crippen LogP contribution in [0.1, 0.15) is 25.5 Å². The number of hydrogen-bond acceptors (Lipinski definition) is 3. The number of carbonyl (C=O) groups is 2. The number of carbonyl (C=O) groups excluding carboxylic acids is 2. The van der Waals surface area contributed by atoms with Crippen molar-refractivity contribution in [2.75, 3.05) is 19.7 Å². The number of piperazine rings is 1. The van der Waals surface area contributed by atoms with E-state index >= 15 is 0 Å². The zero-order chi connectivity index (χ0) is 14.5. The number of nitrogens with one attached hydrogen (secondary N) is 1. The quantitative estimate of drug-likeness (QED) is 0.876. The summed E-state index contributed by atoms with van der Waals surface area (Å²) in [5.41, 5.74) is 0.805. The Balaban J connectivity index is 2.11. The topological polar surface area (TPSA) is 58.6 Å². The molecule has 0 aliphatic carbocycles. The second-order valence-electron chi connectivity index (χ2n) is 4.90. The van der Waals surface area contributed by atoms with E-state index in [9.17, 15) is 9.59 Å². The molecule has 5 nitrogen and oxygen atoms in total. The first-order chi connectivity index (χ1) is 9.61. The lowest BCUT2D eigenvalue weighted by Crippen LogP contribution is -2.55. The first-order valence-electron chi connectivity index (χ1n) is 6.86. The predicted octanol–water partition coefficient (Wildman–Crippen LogP) is 1.11. The SMILES string of the molecule is CCOC(C)CN1CC(=O)NC(c2ccccc2)C1=O. The van der Waals surface area contributed by atoms with E-state index < -0.39 is 6.04 Å². The van der Waals surface area contributed by atoms with Crippen LogP contribution in [0.2, 0.25) is 0 Å². The second-order valence-corrected chi connectivity index (χ2v) is 4.90. The van der Waals surface area contributed by atoms with E-state index in [0.717, 1.165) is 5.56 Å². The highest BCUT2D eigenvalue weighted by molar-refractivity contribution is 5.95. The van der Waals surface area contributed by atoms with E-state index in [2.05, 4.69) is 5.32 Å². The zero-order valence-corrected chi connectivity index (χ0v) is 11.8. The van der Waals surface area contributed by atoms with Crippen LogP contribution in [0.25, 0.3) is 0 Å². The Hall–Kier alpha value is -1.88. The van der Waals surface area contributed by atoms with Gasteiger partial charge in [0.2, 0.25) is 11.8 Å². The highest BCUT2D eigenvalue weighted by atomic mass is 16.5. The minimum absolute atomic E-state index is 0.0775. The molecule has 1 saturated heterocycles. The molecule has 1 N–H and O–H groups in total. The first-order valence-corrected chi connectivity index (χ1v) is 6.86. The third-order valence-electron chi connectivity index (χ3n) is 3.26. The lowest BCUT2D eigenvalue weighted by molar-refractivity contribution is -0.146. The smallest absolute Gasteiger partial charge is 0.250 e. The van der Waals surface area contributed by atoms with Gasteiger partial charge in [-0.1, -0.05) is 30.3 Å². The van der Waals surface area contributed by atoms with Crippen LogP contribution in [0.5, 0.6) is 0 Å². The maximum absolute atomic E-state index is 12.5. The Morgan fingerprint density at radius 3 is 2.70 bits per heavy atom. The molecule has 1 aromatic rings. The van der Waals surface area contributed by atoms with Gasteiger partial charge in [-0.15, -0.1) is 0 Å². The van der Waals surface area contributed by atoms with Crippen molar-refractivity contribution in [1.29, 1.82) is 0 Å². The summed E-state index contributed by atoms with van der Waals surface area (Å²) < 4.78 is 5.44. The molecule has 0 radical (unpaired) electrons. The largest absolute Gasteiger partial charge is 0.377 e. The van der Waals surface area contributed by atoms with Crippen LogP contribution in [0.4, 0.5) is 0 Å². The van der Waals surface area contributed by atoms with Gasteiger partial charge in [0.15, 0.2) is 0 Å². The summed E-state index contributed by atoms with van der Waals surface area (Å²) >= 11 is 0. The maximum Gasteiger partial charge on any atom is 0.250 e. The highest BCUT2D eigenvalue weighted by Gasteiger charge is 2.34. The Labute approximate surface area is 118 Å². The molecule has 1 aliphatic heterocycles. The Morgan fingerprint density at radius 2 is 2.05 bits per heavy atom. The lowest BCUT2D eigenvalue weighted by Gasteiger charge is -2.34. The van der Waals surface area contributed by atoms with Crippen molar-refractivity contribution in [2.24, 2.45) is 0 Å². The number of hydrogen-bond donors (Lipinski definition) is 1. The molecule has 2 amide bonds. The Morgan fingerprint density at radius 1 is 1.35 bits per heavy atom. The molecule has 1 fully saturated rings. The molecule has 1 heterocycles. The van der Waals surface area contributed by atoms with Crippen molar-refractivity contribution in [3.05, 3.63) is 35.9 Å². The molecule has 0 aromatic heterocycles. The van der Waals surface area contributed by atoms with Crippen LogP contribution >= 0.6 is 0 Å². The number of benzene rings is 1. The molecule has 0 bridgehead atoms. The highest BCUT2D eigenvalue weighted by Crippen LogP contribution is 2.19. The van der Waals surface area contributed by atoms with Crippen molar-refractivity contribution in [3.63, 3.8) is 0 Å². The van der Waals surface area contributed by atoms with Gasteiger partial charge in [-0.05, 0) is 19.4 Å². The fourth-order valence-electron chi connectivity index (χ4n) is 2.38. The van der Waals surface area contributed by atoms with Crippen LogP contribution in [0.15, 0.2) is 30.3 Å². The van der Waals surface area contributed by atoms with Crippen molar-refractivity contribution in [1.82, 2.24) is 10.2 Å². The van der Waals surface area contributed by atoms with Crippen molar-refractivity contribution < 1.29 is 14.3 Å². The van der Waals surface area contributed by atoms with Crippen molar-refractivity contribution in [2.45, 2.75) is 26.0 Å². The molecule has 2 atom stereocenters. The molecule has 0 spiro atoms. The summed E-state index contributed by atoms with van der Waals surface area (Å²) in [6.45, 7) is 4.94. The number of amides is 2. The molecule has 20 heavy (non-hydrogen) atoms. The van der Waals surface area contributed by atoms with E-state index in [1.54, 1.807) is 4.90 Å². The normalized spacial score (nSPS) is 20.7. The Kier molecular flexibility index (Phi) is 4.74. The molecule has 5 heteroatoms. The maximum atomic E-state index is 12.5. The van der Waals surface area contributed by atoms with Crippen LogP contribution < -0.4 is 5.32 Å². The van der Waals surface area contributed by atoms with E-state index in [1.165, 1.54) is 0 Å². The number of nitrogens with zero attached hydrogens (tertiary/aromatic N) is 1. The molecule has 2 rings (SSSR count). The van der Waals surface area contributed by atoms with Crippen molar-refractivity contribution in [3.8, 4) is 0 Å². The number of ether oxygens (including phenoxy) is 1. The van der Waals surface area contributed by atoms with Gasteiger partial charge in [0.25, 0.3) is 0 Å². The van der Waals surface area contributed by atoms with E-state index in [0.29, 0.717) is 13.2 Å². The van der Waals surface area contributed by atoms with Crippen LogP contribution in [0.3, 0.4) is 0 Å². The minimum atomic E-state index is -0.591. The average Bonchev–Trinajstić information content (AvgIpc) is 2.43. The summed E-state index contributed by atoms with van der Waals surface area (Å²) in [6, 6.07) is 8.70. The van der Waals surface area contributed by atoms with Gasteiger partial charge in [-0.2, -0.15) is 0 Å². The van der Waals surface area contributed by atoms with Gasteiger partial charge in [0.1, 0.15) is 6.04 Å². The van der Waals surface area contributed by atoms with Crippen molar-refractivity contribution >= 4 is 11.8 Å². The van der Waals surface area contributed by atoms with Gasteiger partial charge >= 0.3 is 0 Å². The summed E-state index contributed by atoms with van der Waals surface area (Å²) in [7, 11) is 0. The van der Waals surface area contributed by atoms with E-state index in [-0.39, 0.29) is 24.5 Å². The summed E-state index contributed by atoms with van der Waals surface area (Å²) in [5, 5.41) is 2.75. The Bertz CT molecular complexity index is 475. The third-order valence-corrected chi connectivity index (χ3v) is 3.26. The molecule has 108 valence electrons. The standard InChI is InChI=1S/C15H20N2O3/c1-3-20-11(2)9-17-10-13(18)16-14(15(17)19)12-7-5-4-6-8-12/h4-8,11,14H,3,9-10H2,1-2H3,(H,16,18). The summed E-state index contributed by atoms with van der Waals surface area (Å²) in [6.07, 6.45) is -0.0775. The average molecular weight is 276 g/mol. The molecular weight excluding hydrogens is 256 g/mol. The van der Waals surface area contributed by atoms with E-state index in [4.69, 9.17) is 4.74 Å². The molecule has 1 aromatic carbocycles.